The first-order chi connectivity index (χ1) is 14.6. The maximum absolute atomic E-state index is 12.8. The second kappa shape index (κ2) is 9.13. The van der Waals surface area contributed by atoms with Gasteiger partial charge in [0, 0.05) is 17.9 Å². The molecule has 1 aliphatic heterocycles. The Morgan fingerprint density at radius 3 is 2.70 bits per heavy atom. The van der Waals surface area contributed by atoms with Gasteiger partial charge in [-0.1, -0.05) is 18.2 Å². The number of amides is 2. The van der Waals surface area contributed by atoms with E-state index in [4.69, 9.17) is 4.74 Å². The minimum atomic E-state index is -0.0681. The van der Waals surface area contributed by atoms with Gasteiger partial charge < -0.3 is 15.0 Å². The number of ether oxygens (including phenoxy) is 1. The van der Waals surface area contributed by atoms with Crippen LogP contribution in [0.5, 0.6) is 5.75 Å². The lowest BCUT2D eigenvalue weighted by molar-refractivity contribution is -0.115. The number of nitrogens with zero attached hydrogens (tertiary/aromatic N) is 1. The van der Waals surface area contributed by atoms with E-state index in [1.165, 1.54) is 11.3 Å². The van der Waals surface area contributed by atoms with Gasteiger partial charge in [0.2, 0.25) is 5.91 Å². The molecular formula is C24H24N2O3S. The summed E-state index contributed by atoms with van der Waals surface area (Å²) in [5.74, 6) is 0.776. The van der Waals surface area contributed by atoms with Crippen molar-refractivity contribution in [3.05, 3.63) is 76.0 Å². The van der Waals surface area contributed by atoms with E-state index >= 15 is 0 Å². The van der Waals surface area contributed by atoms with Gasteiger partial charge in [0.1, 0.15) is 5.75 Å². The Hall–Kier alpha value is -3.12. The van der Waals surface area contributed by atoms with Crippen molar-refractivity contribution in [3.63, 3.8) is 0 Å². The Morgan fingerprint density at radius 1 is 1.13 bits per heavy atom. The summed E-state index contributed by atoms with van der Waals surface area (Å²) < 4.78 is 5.44. The zero-order valence-electron chi connectivity index (χ0n) is 16.9. The molecule has 2 heterocycles. The number of nitrogens with one attached hydrogen (secondary N) is 1. The summed E-state index contributed by atoms with van der Waals surface area (Å²) in [5.41, 5.74) is 3.71. The first-order valence-electron chi connectivity index (χ1n) is 10.1. The topological polar surface area (TPSA) is 58.6 Å². The lowest BCUT2D eigenvalue weighted by atomic mass is 10.0. The molecule has 0 atom stereocenters. The monoisotopic (exact) mass is 420 g/mol. The maximum Gasteiger partial charge on any atom is 0.268 e. The molecule has 0 saturated carbocycles. The average molecular weight is 421 g/mol. The molecule has 2 amide bonds. The van der Waals surface area contributed by atoms with Gasteiger partial charge in [0.05, 0.1) is 17.9 Å². The third-order valence-electron chi connectivity index (χ3n) is 5.06. The highest BCUT2D eigenvalue weighted by molar-refractivity contribution is 7.12. The number of carbonyl (C=O) groups is 2. The quantitative estimate of drug-likeness (QED) is 0.616. The van der Waals surface area contributed by atoms with Gasteiger partial charge in [-0.05, 0) is 72.7 Å². The molecule has 1 N–H and O–H groups in total. The summed E-state index contributed by atoms with van der Waals surface area (Å²) in [4.78, 5) is 27.9. The first kappa shape index (κ1) is 20.2. The number of carbonyl (C=O) groups excluding carboxylic acids is 2. The van der Waals surface area contributed by atoms with Crippen molar-refractivity contribution in [2.45, 2.75) is 26.2 Å². The fraction of sp³-hybridized carbons (Fsp3) is 0.250. The van der Waals surface area contributed by atoms with Crippen molar-refractivity contribution in [1.82, 2.24) is 0 Å². The van der Waals surface area contributed by atoms with Gasteiger partial charge in [-0.3, -0.25) is 9.59 Å². The Kier molecular flexibility index (Phi) is 6.14. The summed E-state index contributed by atoms with van der Waals surface area (Å²) in [6.07, 6.45) is 2.10. The molecule has 5 nitrogen and oxygen atoms in total. The molecule has 0 unspecified atom stereocenters. The second-order valence-corrected chi connectivity index (χ2v) is 8.13. The summed E-state index contributed by atoms with van der Waals surface area (Å²) in [5, 5.41) is 4.90. The molecule has 0 fully saturated rings. The first-order valence-corrected chi connectivity index (χ1v) is 11.0. The normalized spacial score (nSPS) is 12.9. The van der Waals surface area contributed by atoms with Crippen LogP contribution >= 0.6 is 11.3 Å². The molecule has 4 rings (SSSR count). The molecule has 0 saturated heterocycles. The van der Waals surface area contributed by atoms with Gasteiger partial charge >= 0.3 is 0 Å². The summed E-state index contributed by atoms with van der Waals surface area (Å²) in [6.45, 7) is 3.28. The Labute approximate surface area is 180 Å². The van der Waals surface area contributed by atoms with Crippen LogP contribution in [0, 0.1) is 0 Å². The highest BCUT2D eigenvalue weighted by Gasteiger charge is 2.24. The van der Waals surface area contributed by atoms with Crippen molar-refractivity contribution < 1.29 is 14.3 Å². The van der Waals surface area contributed by atoms with E-state index < -0.39 is 0 Å². The van der Waals surface area contributed by atoms with Crippen LogP contribution in [-0.2, 0) is 17.6 Å². The van der Waals surface area contributed by atoms with Crippen LogP contribution in [0.1, 0.15) is 34.1 Å². The Morgan fingerprint density at radius 2 is 1.97 bits per heavy atom. The average Bonchev–Trinajstić information content (AvgIpc) is 3.29. The lowest BCUT2D eigenvalue weighted by Gasteiger charge is -2.29. The van der Waals surface area contributed by atoms with Gasteiger partial charge in [-0.25, -0.2) is 0 Å². The number of benzene rings is 2. The summed E-state index contributed by atoms with van der Waals surface area (Å²) in [7, 11) is 0. The van der Waals surface area contributed by atoms with Crippen molar-refractivity contribution in [2.75, 3.05) is 23.4 Å². The number of anilines is 2. The number of aryl methyl sites for hydroxylation is 1. The van der Waals surface area contributed by atoms with E-state index in [-0.39, 0.29) is 11.8 Å². The number of fused-ring (bicyclic) bond motifs is 1. The highest BCUT2D eigenvalue weighted by atomic mass is 32.1. The van der Waals surface area contributed by atoms with Crippen molar-refractivity contribution in [1.29, 1.82) is 0 Å². The molecule has 154 valence electrons. The van der Waals surface area contributed by atoms with Gasteiger partial charge in [0.25, 0.3) is 5.91 Å². The van der Waals surface area contributed by atoms with Gasteiger partial charge in [0.15, 0.2) is 0 Å². The van der Waals surface area contributed by atoms with Crippen LogP contribution in [0.4, 0.5) is 11.4 Å². The SMILES string of the molecule is CCOc1ccc(CC(=O)Nc2ccc3c(c2)CCCN3C(=O)c2cccs2)cc1. The van der Waals surface area contributed by atoms with Crippen LogP contribution in [0.25, 0.3) is 0 Å². The van der Waals surface area contributed by atoms with Crippen molar-refractivity contribution >= 4 is 34.5 Å². The zero-order chi connectivity index (χ0) is 20.9. The smallest absolute Gasteiger partial charge is 0.268 e. The van der Waals surface area contributed by atoms with Crippen LogP contribution in [0.2, 0.25) is 0 Å². The van der Waals surface area contributed by atoms with E-state index in [2.05, 4.69) is 5.32 Å². The van der Waals surface area contributed by atoms with Crippen LogP contribution in [-0.4, -0.2) is 25.0 Å². The molecule has 0 aliphatic carbocycles. The molecule has 2 aromatic carbocycles. The Balaban J connectivity index is 1.43. The van der Waals surface area contributed by atoms with Crippen LogP contribution < -0.4 is 15.0 Å². The number of rotatable bonds is 6. The van der Waals surface area contributed by atoms with Crippen LogP contribution in [0.15, 0.2) is 60.0 Å². The molecule has 0 bridgehead atoms. The second-order valence-electron chi connectivity index (χ2n) is 7.18. The standard InChI is InChI=1S/C24H24N2O3S/c1-2-29-20-10-7-17(8-11-20)15-23(27)25-19-9-12-21-18(16-19)5-3-13-26(21)24(28)22-6-4-14-30-22/h4,6-12,14,16H,2-3,5,13,15H2,1H3,(H,25,27). The summed E-state index contributed by atoms with van der Waals surface area (Å²) >= 11 is 1.46. The third kappa shape index (κ3) is 4.54. The predicted molar refractivity (Wildman–Crippen MR) is 121 cm³/mol. The molecule has 3 aromatic rings. The van der Waals surface area contributed by atoms with E-state index in [1.54, 1.807) is 0 Å². The number of hydrogen-bond donors (Lipinski definition) is 1. The van der Waals surface area contributed by atoms with E-state index in [0.717, 1.165) is 46.0 Å². The Bertz CT molecular complexity index is 1030. The summed E-state index contributed by atoms with van der Waals surface area (Å²) in [6, 6.07) is 17.1. The van der Waals surface area contributed by atoms with E-state index in [0.29, 0.717) is 19.6 Å². The van der Waals surface area contributed by atoms with E-state index in [1.807, 2.05) is 71.8 Å². The maximum atomic E-state index is 12.8. The van der Waals surface area contributed by atoms with Gasteiger partial charge in [-0.15, -0.1) is 11.3 Å². The fourth-order valence-electron chi connectivity index (χ4n) is 3.68. The molecular weight excluding hydrogens is 396 g/mol. The highest BCUT2D eigenvalue weighted by Crippen LogP contribution is 2.31. The van der Waals surface area contributed by atoms with Crippen LogP contribution in [0.3, 0.4) is 0 Å². The molecule has 1 aliphatic rings. The largest absolute Gasteiger partial charge is 0.494 e. The molecule has 0 spiro atoms. The number of thiophene rings is 1. The lowest BCUT2D eigenvalue weighted by Crippen LogP contribution is -2.35. The van der Waals surface area contributed by atoms with Gasteiger partial charge in [-0.2, -0.15) is 0 Å². The third-order valence-corrected chi connectivity index (χ3v) is 5.92. The molecule has 30 heavy (non-hydrogen) atoms. The fourth-order valence-corrected chi connectivity index (χ4v) is 4.35. The zero-order valence-corrected chi connectivity index (χ0v) is 17.7. The minimum Gasteiger partial charge on any atom is -0.494 e. The predicted octanol–water partition coefficient (Wildman–Crippen LogP) is 4.92. The molecule has 6 heteroatoms. The molecule has 0 radical (unpaired) electrons. The minimum absolute atomic E-state index is 0.0400. The molecule has 1 aromatic heterocycles. The van der Waals surface area contributed by atoms with E-state index in [9.17, 15) is 9.59 Å². The van der Waals surface area contributed by atoms with Crippen molar-refractivity contribution in [2.24, 2.45) is 0 Å². The van der Waals surface area contributed by atoms with Crippen molar-refractivity contribution in [3.8, 4) is 5.75 Å². The number of hydrogen-bond acceptors (Lipinski definition) is 4.